The number of likely N-dealkylation sites (N-methyl/N-ethyl adjacent to an activating group) is 2. The molecule has 0 aromatic heterocycles. The molecular formula is C36H58N6O7. The van der Waals surface area contributed by atoms with Crippen molar-refractivity contribution in [3.05, 3.63) is 58.5 Å². The van der Waals surface area contributed by atoms with Gasteiger partial charge in [0.05, 0.1) is 17.5 Å². The number of carbonyl (C=O) groups excluding carboxylic acids is 4. The average molecular weight is 687 g/mol. The molecule has 6 atom stereocenters. The first-order valence-electron chi connectivity index (χ1n) is 16.8. The normalized spacial score (nSPS) is 29.1. The van der Waals surface area contributed by atoms with Crippen LogP contribution in [0.3, 0.4) is 0 Å². The molecule has 0 saturated carbocycles. The summed E-state index contributed by atoms with van der Waals surface area (Å²) in [6, 6.07) is -0.175. The molecular weight excluding hydrogens is 628 g/mol. The van der Waals surface area contributed by atoms with Crippen LogP contribution in [-0.4, -0.2) is 126 Å². The number of nitrogens with zero attached hydrogens (tertiary/aromatic N) is 2. The van der Waals surface area contributed by atoms with Crippen LogP contribution in [0.2, 0.25) is 0 Å². The number of fused-ring (bicyclic) bond motifs is 2. The molecule has 2 amide bonds. The van der Waals surface area contributed by atoms with E-state index < -0.39 is 30.0 Å². The predicted molar refractivity (Wildman–Crippen MR) is 190 cm³/mol. The van der Waals surface area contributed by atoms with Crippen molar-refractivity contribution in [1.82, 2.24) is 25.8 Å². The van der Waals surface area contributed by atoms with Crippen LogP contribution in [0.1, 0.15) is 40.5 Å². The molecule has 1 heterocycles. The van der Waals surface area contributed by atoms with Crippen molar-refractivity contribution in [3.8, 4) is 0 Å². The smallest absolute Gasteiger partial charge is 0.405 e. The monoisotopic (exact) mass is 686 g/mol. The molecule has 0 fully saturated rings. The van der Waals surface area contributed by atoms with Crippen LogP contribution in [0.5, 0.6) is 0 Å². The van der Waals surface area contributed by atoms with Gasteiger partial charge in [0.1, 0.15) is 6.10 Å². The van der Waals surface area contributed by atoms with E-state index in [1.165, 1.54) is 13.2 Å². The maximum absolute atomic E-state index is 13.9. The fraction of sp³-hybridized carbons (Fsp3) is 0.611. The molecule has 0 aromatic rings. The quantitative estimate of drug-likeness (QED) is 0.186. The van der Waals surface area contributed by atoms with E-state index in [9.17, 15) is 19.2 Å². The van der Waals surface area contributed by atoms with Crippen molar-refractivity contribution in [2.24, 2.45) is 17.6 Å². The van der Waals surface area contributed by atoms with Crippen molar-refractivity contribution in [2.75, 3.05) is 68.6 Å². The highest BCUT2D eigenvalue weighted by Crippen LogP contribution is 2.29. The summed E-state index contributed by atoms with van der Waals surface area (Å²) < 4.78 is 17.4. The lowest BCUT2D eigenvalue weighted by molar-refractivity contribution is -0.120. The molecule has 2 rings (SSSR count). The fourth-order valence-corrected chi connectivity index (χ4v) is 5.97. The van der Waals surface area contributed by atoms with Crippen molar-refractivity contribution >= 4 is 23.6 Å². The van der Waals surface area contributed by atoms with Crippen LogP contribution in [0.4, 0.5) is 4.79 Å². The highest BCUT2D eigenvalue weighted by molar-refractivity contribution is 6.23. The summed E-state index contributed by atoms with van der Waals surface area (Å²) >= 11 is 0. The second-order valence-corrected chi connectivity index (χ2v) is 13.5. The van der Waals surface area contributed by atoms with Crippen LogP contribution in [-0.2, 0) is 28.6 Å². The highest BCUT2D eigenvalue weighted by atomic mass is 16.6. The van der Waals surface area contributed by atoms with E-state index >= 15 is 0 Å². The maximum atomic E-state index is 13.9. The molecule has 0 unspecified atom stereocenters. The van der Waals surface area contributed by atoms with E-state index in [0.717, 1.165) is 12.1 Å². The molecule has 49 heavy (non-hydrogen) atoms. The topological polar surface area (TPSA) is 165 Å². The van der Waals surface area contributed by atoms with Gasteiger partial charge in [-0.2, -0.15) is 0 Å². The van der Waals surface area contributed by atoms with Gasteiger partial charge in [-0.25, -0.2) is 4.79 Å². The minimum absolute atomic E-state index is 0.0744. The van der Waals surface area contributed by atoms with Crippen molar-refractivity contribution in [2.45, 2.75) is 64.9 Å². The number of ketones is 2. The summed E-state index contributed by atoms with van der Waals surface area (Å²) in [5.74, 6) is -1.51. The lowest BCUT2D eigenvalue weighted by Gasteiger charge is -2.34. The first-order valence-corrected chi connectivity index (χ1v) is 16.8. The Balaban J connectivity index is 2.69. The zero-order valence-corrected chi connectivity index (χ0v) is 30.9. The zero-order chi connectivity index (χ0) is 36.8. The fourth-order valence-electron chi connectivity index (χ4n) is 5.97. The van der Waals surface area contributed by atoms with E-state index in [4.69, 9.17) is 19.9 Å². The molecule has 0 aromatic carbocycles. The molecule has 1 aliphatic heterocycles. The average Bonchev–Trinajstić information content (AvgIpc) is 3.02. The largest absolute Gasteiger partial charge is 0.439 e. The number of hydrogen-bond donors (Lipinski definition) is 4. The molecule has 0 saturated heterocycles. The van der Waals surface area contributed by atoms with E-state index in [1.54, 1.807) is 32.3 Å². The number of rotatable bonds is 11. The number of amides is 2. The van der Waals surface area contributed by atoms with Crippen molar-refractivity contribution < 1.29 is 33.4 Å². The Hall–Kier alpha value is -3.62. The number of hydrogen-bond acceptors (Lipinski definition) is 11. The van der Waals surface area contributed by atoms with Gasteiger partial charge in [-0.05, 0) is 72.3 Å². The van der Waals surface area contributed by atoms with E-state index in [2.05, 4.69) is 27.8 Å². The number of Topliss-reactive ketones (excluding diaryl/α,β-unsaturated/α-hetero) is 1. The number of nitrogens with one attached hydrogen (secondary N) is 3. The van der Waals surface area contributed by atoms with Crippen LogP contribution in [0.15, 0.2) is 58.5 Å². The van der Waals surface area contributed by atoms with Gasteiger partial charge in [0.15, 0.2) is 6.10 Å². The summed E-state index contributed by atoms with van der Waals surface area (Å²) in [5.41, 5.74) is 7.00. The molecule has 13 heteroatoms. The first kappa shape index (κ1) is 41.6. The molecule has 2 aliphatic rings. The van der Waals surface area contributed by atoms with Gasteiger partial charge >= 0.3 is 6.09 Å². The Labute approximate surface area is 292 Å². The Morgan fingerprint density at radius 1 is 1.02 bits per heavy atom. The molecule has 0 spiro atoms. The first-order chi connectivity index (χ1) is 23.1. The third kappa shape index (κ3) is 13.0. The molecule has 274 valence electrons. The van der Waals surface area contributed by atoms with Crippen molar-refractivity contribution in [3.63, 3.8) is 0 Å². The van der Waals surface area contributed by atoms with Crippen LogP contribution in [0.25, 0.3) is 0 Å². The van der Waals surface area contributed by atoms with Gasteiger partial charge in [0.2, 0.25) is 11.6 Å². The standard InChI is InChI=1S/C36H58N6O7/c1-22-18-26-32(39-15-17-42(7)8)28(43)21-27(33(26)44)40-35(45)23(2)12-11-13-29(47-9)34(49-36(37)46)25(4)20-24(3)31(30(19-22)48-10)38-14-16-41(5)6/h11-13,20-22,24,29-31,34,38-39H,14-19H2,1-10H3,(H2,37,46)(H,40,45)/b13-11-,23-12+,25-20+/t22-,24+,29+,30+,31-,34+/m1/s1. The third-order valence-electron chi connectivity index (χ3n) is 8.64. The Kier molecular flexibility index (Phi) is 17.1. The van der Waals surface area contributed by atoms with Gasteiger partial charge in [0.25, 0.3) is 5.91 Å². The summed E-state index contributed by atoms with van der Waals surface area (Å²) in [6.45, 7) is 10.1. The number of methoxy groups -OCH3 is 2. The molecule has 5 N–H and O–H groups in total. The molecule has 13 nitrogen and oxygen atoms in total. The number of ether oxygens (including phenoxy) is 3. The van der Waals surface area contributed by atoms with Gasteiger partial charge in [-0.1, -0.05) is 38.2 Å². The lowest BCUT2D eigenvalue weighted by Crippen LogP contribution is -2.48. The lowest BCUT2D eigenvalue weighted by atomic mass is 9.84. The summed E-state index contributed by atoms with van der Waals surface area (Å²) in [4.78, 5) is 56.6. The predicted octanol–water partition coefficient (Wildman–Crippen LogP) is 2.07. The number of nitrogens with two attached hydrogens (primary N) is 1. The number of allylic oxidation sites excluding steroid dienone is 4. The zero-order valence-electron chi connectivity index (χ0n) is 30.9. The van der Waals surface area contributed by atoms with Gasteiger partial charge in [0, 0.05) is 63.7 Å². The Morgan fingerprint density at radius 3 is 2.27 bits per heavy atom. The summed E-state index contributed by atoms with van der Waals surface area (Å²) in [7, 11) is 11.0. The molecule has 1 aliphatic carbocycles. The van der Waals surface area contributed by atoms with Crippen molar-refractivity contribution in [1.29, 1.82) is 0 Å². The third-order valence-corrected chi connectivity index (χ3v) is 8.64. The second-order valence-electron chi connectivity index (χ2n) is 13.5. The van der Waals surface area contributed by atoms with E-state index in [1.807, 2.05) is 53.0 Å². The minimum atomic E-state index is -0.946. The summed E-state index contributed by atoms with van der Waals surface area (Å²) in [5, 5.41) is 9.51. The van der Waals surface area contributed by atoms with E-state index in [-0.39, 0.29) is 53.2 Å². The Morgan fingerprint density at radius 2 is 1.67 bits per heavy atom. The minimum Gasteiger partial charge on any atom is -0.439 e. The maximum Gasteiger partial charge on any atom is 0.405 e. The Bertz CT molecular complexity index is 1330. The number of primary amides is 1. The van der Waals surface area contributed by atoms with E-state index in [0.29, 0.717) is 31.6 Å². The summed E-state index contributed by atoms with van der Waals surface area (Å²) in [6.07, 6.45) is 6.06. The van der Waals surface area contributed by atoms with Crippen LogP contribution in [0, 0.1) is 11.8 Å². The molecule has 2 bridgehead atoms. The van der Waals surface area contributed by atoms with Gasteiger partial charge in [-0.15, -0.1) is 0 Å². The molecule has 0 radical (unpaired) electrons. The van der Waals surface area contributed by atoms with Gasteiger partial charge in [-0.3, -0.25) is 14.4 Å². The number of carbonyl (C=O) groups is 4. The highest BCUT2D eigenvalue weighted by Gasteiger charge is 2.34. The van der Waals surface area contributed by atoms with Crippen LogP contribution < -0.4 is 21.7 Å². The van der Waals surface area contributed by atoms with Crippen LogP contribution >= 0.6 is 0 Å². The SMILES string of the molecule is CO[C@H]1/C=C\C=C(/C)C(=O)NC2=CC(=O)C(NCCN(C)C)=C(C[C@@H](C)C[C@H](OC)[C@H](NCCN(C)C)[C@@H](C)/C=C(\C)[C@@H]1OC(N)=O)C2=O. The van der Waals surface area contributed by atoms with Gasteiger partial charge < -0.3 is 45.7 Å². The second kappa shape index (κ2) is 20.1.